The molecule has 4 rings (SSSR count). The van der Waals surface area contributed by atoms with Crippen molar-refractivity contribution in [1.82, 2.24) is 24.6 Å². The number of aromatic nitrogens is 4. The summed E-state index contributed by atoms with van der Waals surface area (Å²) in [6, 6.07) is 8.90. The Hall–Kier alpha value is -3.97. The van der Waals surface area contributed by atoms with E-state index < -0.39 is 5.91 Å². The van der Waals surface area contributed by atoms with E-state index in [2.05, 4.69) is 26.0 Å². The maximum absolute atomic E-state index is 11.6. The normalized spacial score (nSPS) is 13.7. The van der Waals surface area contributed by atoms with E-state index in [1.165, 1.54) is 36.0 Å². The fourth-order valence-corrected chi connectivity index (χ4v) is 3.72. The largest absolute Gasteiger partial charge is 0.492 e. The Bertz CT molecular complexity index is 1160. The van der Waals surface area contributed by atoms with Crippen molar-refractivity contribution >= 4 is 11.7 Å². The van der Waals surface area contributed by atoms with Crippen LogP contribution in [0, 0.1) is 11.3 Å². The number of nitrogen functional groups attached to an aromatic ring is 1. The van der Waals surface area contributed by atoms with Crippen molar-refractivity contribution in [3.05, 3.63) is 47.9 Å². The highest BCUT2D eigenvalue weighted by molar-refractivity contribution is 5.91. The lowest BCUT2D eigenvalue weighted by Crippen LogP contribution is -2.22. The summed E-state index contributed by atoms with van der Waals surface area (Å²) in [5.41, 5.74) is 13.0. The van der Waals surface area contributed by atoms with Gasteiger partial charge >= 0.3 is 0 Å². The summed E-state index contributed by atoms with van der Waals surface area (Å²) in [6.45, 7) is 3.86. The van der Waals surface area contributed by atoms with Gasteiger partial charge < -0.3 is 21.1 Å². The molecule has 0 spiro atoms. The smallest absolute Gasteiger partial charge is 0.267 e. The number of primary amides is 1. The lowest BCUT2D eigenvalue weighted by Gasteiger charge is -2.15. The molecule has 0 unspecified atom stereocenters. The number of ether oxygens (including phenoxy) is 1. The molecule has 1 saturated heterocycles. The summed E-state index contributed by atoms with van der Waals surface area (Å²) in [5.74, 6) is 0.150. The highest BCUT2D eigenvalue weighted by atomic mass is 16.5. The van der Waals surface area contributed by atoms with Gasteiger partial charge in [0.2, 0.25) is 0 Å². The molecule has 10 heteroatoms. The van der Waals surface area contributed by atoms with Crippen molar-refractivity contribution in [2.75, 3.05) is 32.0 Å². The molecular weight excluding hydrogens is 408 g/mol. The van der Waals surface area contributed by atoms with Gasteiger partial charge in [-0.1, -0.05) is 0 Å². The fraction of sp³-hybridized carbons (Fsp3) is 0.318. The minimum atomic E-state index is -0.660. The molecule has 1 aliphatic heterocycles. The lowest BCUT2D eigenvalue weighted by atomic mass is 10.1. The maximum atomic E-state index is 11.6. The van der Waals surface area contributed by atoms with Crippen LogP contribution in [0.25, 0.3) is 17.1 Å². The van der Waals surface area contributed by atoms with E-state index in [0.29, 0.717) is 29.2 Å². The molecule has 0 radical (unpaired) electrons. The molecule has 32 heavy (non-hydrogen) atoms. The lowest BCUT2D eigenvalue weighted by molar-refractivity contribution is 0.0993. The highest BCUT2D eigenvalue weighted by Crippen LogP contribution is 2.27. The van der Waals surface area contributed by atoms with Crippen LogP contribution < -0.4 is 16.2 Å². The molecule has 1 fully saturated rings. The minimum Gasteiger partial charge on any atom is -0.492 e. The average molecular weight is 432 g/mol. The van der Waals surface area contributed by atoms with E-state index in [-0.39, 0.29) is 17.3 Å². The van der Waals surface area contributed by atoms with Gasteiger partial charge in [0, 0.05) is 12.1 Å². The predicted octanol–water partition coefficient (Wildman–Crippen LogP) is 1.75. The molecule has 4 N–H and O–H groups in total. The minimum absolute atomic E-state index is 0.0958. The third-order valence-electron chi connectivity index (χ3n) is 5.35. The number of carbonyl (C=O) groups excluding carboxylic acids is 1. The SMILES string of the molecule is N#Cc1cc(-c2cnc(N)c(-n3nccc3C(N)=O)n2)ccc1OCCCN1CCCC1. The van der Waals surface area contributed by atoms with Crippen molar-refractivity contribution in [3.63, 3.8) is 0 Å². The van der Waals surface area contributed by atoms with Crippen molar-refractivity contribution in [2.45, 2.75) is 19.3 Å². The number of amides is 1. The molecule has 3 aromatic rings. The molecular formula is C22H24N8O2. The zero-order chi connectivity index (χ0) is 22.5. The zero-order valence-corrected chi connectivity index (χ0v) is 17.6. The molecule has 0 aliphatic carbocycles. The molecule has 0 saturated carbocycles. The number of benzene rings is 1. The van der Waals surface area contributed by atoms with Crippen LogP contribution in [-0.2, 0) is 0 Å². The van der Waals surface area contributed by atoms with Gasteiger partial charge in [-0.2, -0.15) is 10.4 Å². The molecule has 10 nitrogen and oxygen atoms in total. The van der Waals surface area contributed by atoms with Crippen molar-refractivity contribution in [1.29, 1.82) is 5.26 Å². The first-order chi connectivity index (χ1) is 15.6. The number of nitriles is 1. The molecule has 3 heterocycles. The number of anilines is 1. The predicted molar refractivity (Wildman–Crippen MR) is 118 cm³/mol. The second-order valence-electron chi connectivity index (χ2n) is 7.53. The maximum Gasteiger partial charge on any atom is 0.267 e. The Morgan fingerprint density at radius 3 is 2.81 bits per heavy atom. The quantitative estimate of drug-likeness (QED) is 0.511. The van der Waals surface area contributed by atoms with Crippen molar-refractivity contribution in [3.8, 4) is 28.9 Å². The van der Waals surface area contributed by atoms with Gasteiger partial charge in [-0.15, -0.1) is 0 Å². The Balaban J connectivity index is 1.53. The summed E-state index contributed by atoms with van der Waals surface area (Å²) >= 11 is 0. The first kappa shape index (κ1) is 21.3. The van der Waals surface area contributed by atoms with E-state index in [1.807, 2.05) is 0 Å². The van der Waals surface area contributed by atoms with Crippen LogP contribution >= 0.6 is 0 Å². The van der Waals surface area contributed by atoms with Crippen LogP contribution in [0.4, 0.5) is 5.82 Å². The first-order valence-electron chi connectivity index (χ1n) is 10.4. The van der Waals surface area contributed by atoms with Gasteiger partial charge in [-0.3, -0.25) is 4.79 Å². The number of hydrogen-bond donors (Lipinski definition) is 2. The van der Waals surface area contributed by atoms with E-state index in [4.69, 9.17) is 16.2 Å². The molecule has 1 amide bonds. The molecule has 1 aromatic carbocycles. The second-order valence-corrected chi connectivity index (χ2v) is 7.53. The number of nitrogens with two attached hydrogens (primary N) is 2. The van der Waals surface area contributed by atoms with E-state index >= 15 is 0 Å². The van der Waals surface area contributed by atoms with Crippen LogP contribution in [-0.4, -0.2) is 56.8 Å². The Labute approximate surface area is 185 Å². The molecule has 1 aliphatic rings. The Kier molecular flexibility index (Phi) is 6.28. The van der Waals surface area contributed by atoms with E-state index in [0.717, 1.165) is 26.1 Å². The Morgan fingerprint density at radius 1 is 1.25 bits per heavy atom. The molecule has 0 bridgehead atoms. The second kappa shape index (κ2) is 9.45. The topological polar surface area (TPSA) is 149 Å². The Morgan fingerprint density at radius 2 is 2.06 bits per heavy atom. The van der Waals surface area contributed by atoms with Gasteiger partial charge in [0.15, 0.2) is 11.6 Å². The zero-order valence-electron chi connectivity index (χ0n) is 17.6. The van der Waals surface area contributed by atoms with Gasteiger partial charge in [0.25, 0.3) is 5.91 Å². The molecule has 0 atom stereocenters. The van der Waals surface area contributed by atoms with Crippen LogP contribution in [0.3, 0.4) is 0 Å². The van der Waals surface area contributed by atoms with E-state index in [9.17, 15) is 10.1 Å². The number of hydrogen-bond acceptors (Lipinski definition) is 8. The van der Waals surface area contributed by atoms with Gasteiger partial charge in [-0.25, -0.2) is 14.6 Å². The number of rotatable bonds is 8. The van der Waals surface area contributed by atoms with Gasteiger partial charge in [-0.05, 0) is 56.6 Å². The number of nitrogens with zero attached hydrogens (tertiary/aromatic N) is 6. The summed E-state index contributed by atoms with van der Waals surface area (Å²) in [6.07, 6.45) is 6.37. The number of likely N-dealkylation sites (tertiary alicyclic amines) is 1. The summed E-state index contributed by atoms with van der Waals surface area (Å²) < 4.78 is 7.10. The third kappa shape index (κ3) is 4.53. The van der Waals surface area contributed by atoms with Crippen LogP contribution in [0.15, 0.2) is 36.7 Å². The van der Waals surface area contributed by atoms with Gasteiger partial charge in [0.05, 0.1) is 30.3 Å². The van der Waals surface area contributed by atoms with Crippen molar-refractivity contribution in [2.24, 2.45) is 5.73 Å². The summed E-state index contributed by atoms with van der Waals surface area (Å²) in [7, 11) is 0. The standard InChI is InChI=1S/C22H24N8O2/c23-13-16-12-15(4-5-19(16)32-11-3-10-29-8-1-2-9-29)17-14-26-20(24)22(28-17)30-18(21(25)31)6-7-27-30/h4-7,12,14H,1-3,8-11H2,(H2,24,26)(H2,25,31). The third-order valence-corrected chi connectivity index (χ3v) is 5.35. The highest BCUT2D eigenvalue weighted by Gasteiger charge is 2.17. The summed E-state index contributed by atoms with van der Waals surface area (Å²) in [5, 5.41) is 13.7. The number of carbonyl (C=O) groups is 1. The van der Waals surface area contributed by atoms with E-state index in [1.54, 1.807) is 18.2 Å². The fourth-order valence-electron chi connectivity index (χ4n) is 3.72. The van der Waals surface area contributed by atoms with Crippen LogP contribution in [0.5, 0.6) is 5.75 Å². The summed E-state index contributed by atoms with van der Waals surface area (Å²) in [4.78, 5) is 22.7. The monoisotopic (exact) mass is 432 g/mol. The average Bonchev–Trinajstić information content (AvgIpc) is 3.49. The van der Waals surface area contributed by atoms with Crippen LogP contribution in [0.1, 0.15) is 35.3 Å². The van der Waals surface area contributed by atoms with Crippen LogP contribution in [0.2, 0.25) is 0 Å². The van der Waals surface area contributed by atoms with Gasteiger partial charge in [0.1, 0.15) is 17.5 Å². The molecule has 2 aromatic heterocycles. The first-order valence-corrected chi connectivity index (χ1v) is 10.4. The van der Waals surface area contributed by atoms with Crippen molar-refractivity contribution < 1.29 is 9.53 Å². The molecule has 164 valence electrons.